The molecular formula is C17H25N3O3. The number of rotatable bonds is 3. The van der Waals surface area contributed by atoms with Gasteiger partial charge in [-0.2, -0.15) is 0 Å². The summed E-state index contributed by atoms with van der Waals surface area (Å²) in [5, 5.41) is 2.78. The Balaban J connectivity index is 2.00. The van der Waals surface area contributed by atoms with Gasteiger partial charge in [-0.3, -0.25) is 9.69 Å². The minimum absolute atomic E-state index is 0.217. The first-order chi connectivity index (χ1) is 10.8. The van der Waals surface area contributed by atoms with Crippen LogP contribution in [0.3, 0.4) is 0 Å². The van der Waals surface area contributed by atoms with Gasteiger partial charge < -0.3 is 10.1 Å². The molecule has 2 rings (SSSR count). The molecular weight excluding hydrogens is 294 g/mol. The van der Waals surface area contributed by atoms with E-state index >= 15 is 0 Å². The molecule has 0 aromatic carbocycles. The molecule has 126 valence electrons. The molecule has 1 atom stereocenters. The minimum Gasteiger partial charge on any atom is -0.444 e. The van der Waals surface area contributed by atoms with Crippen LogP contribution in [0.15, 0.2) is 18.3 Å². The van der Waals surface area contributed by atoms with Gasteiger partial charge in [0.05, 0.1) is 0 Å². The summed E-state index contributed by atoms with van der Waals surface area (Å²) in [6.07, 6.45) is 3.63. The fraction of sp³-hybridized carbons (Fsp3) is 0.588. The van der Waals surface area contributed by atoms with Gasteiger partial charge in [0.1, 0.15) is 17.5 Å². The van der Waals surface area contributed by atoms with E-state index in [1.807, 2.05) is 33.8 Å². The van der Waals surface area contributed by atoms with Crippen LogP contribution in [-0.2, 0) is 16.0 Å². The van der Waals surface area contributed by atoms with E-state index in [0.717, 1.165) is 18.4 Å². The van der Waals surface area contributed by atoms with Crippen molar-refractivity contribution in [3.8, 4) is 0 Å². The SMILES string of the molecule is CCc1ccc(NC(=O)C2CCCN2C(=O)OC(C)(C)C)nc1. The Bertz CT molecular complexity index is 563. The van der Waals surface area contributed by atoms with E-state index in [2.05, 4.69) is 10.3 Å². The number of aryl methyl sites for hydroxylation is 1. The standard InChI is InChI=1S/C17H25N3O3/c1-5-12-8-9-14(18-11-12)19-15(21)13-7-6-10-20(13)16(22)23-17(2,3)4/h8-9,11,13H,5-7,10H2,1-4H3,(H,18,19,21). The second-order valence-corrected chi connectivity index (χ2v) is 6.73. The van der Waals surface area contributed by atoms with Crippen LogP contribution in [0.5, 0.6) is 0 Å². The summed E-state index contributed by atoms with van der Waals surface area (Å²) in [5.74, 6) is 0.286. The molecule has 1 aromatic heterocycles. The number of nitrogens with one attached hydrogen (secondary N) is 1. The second-order valence-electron chi connectivity index (χ2n) is 6.73. The number of anilines is 1. The lowest BCUT2D eigenvalue weighted by atomic mass is 10.2. The largest absolute Gasteiger partial charge is 0.444 e. The maximum absolute atomic E-state index is 12.4. The van der Waals surface area contributed by atoms with E-state index in [9.17, 15) is 9.59 Å². The number of likely N-dealkylation sites (tertiary alicyclic amines) is 1. The fourth-order valence-corrected chi connectivity index (χ4v) is 2.50. The van der Waals surface area contributed by atoms with Crippen molar-refractivity contribution >= 4 is 17.8 Å². The summed E-state index contributed by atoms with van der Waals surface area (Å²) in [4.78, 5) is 30.4. The smallest absolute Gasteiger partial charge is 0.410 e. The molecule has 1 aromatic rings. The number of hydrogen-bond donors (Lipinski definition) is 1. The molecule has 1 aliphatic rings. The first kappa shape index (κ1) is 17.2. The molecule has 1 saturated heterocycles. The Kier molecular flexibility index (Phi) is 5.23. The third-order valence-corrected chi connectivity index (χ3v) is 3.67. The molecule has 6 nitrogen and oxygen atoms in total. The summed E-state index contributed by atoms with van der Waals surface area (Å²) >= 11 is 0. The van der Waals surface area contributed by atoms with Crippen LogP contribution in [-0.4, -0.2) is 40.1 Å². The van der Waals surface area contributed by atoms with E-state index < -0.39 is 17.7 Å². The summed E-state index contributed by atoms with van der Waals surface area (Å²) in [7, 11) is 0. The molecule has 1 unspecified atom stereocenters. The number of hydrogen-bond acceptors (Lipinski definition) is 4. The Morgan fingerprint density at radius 2 is 2.13 bits per heavy atom. The summed E-state index contributed by atoms with van der Waals surface area (Å²) < 4.78 is 5.37. The third kappa shape index (κ3) is 4.68. The van der Waals surface area contributed by atoms with E-state index in [1.165, 1.54) is 4.90 Å². The summed E-state index contributed by atoms with van der Waals surface area (Å²) in [5.41, 5.74) is 0.539. The molecule has 2 amide bonds. The molecule has 6 heteroatoms. The summed E-state index contributed by atoms with van der Waals surface area (Å²) in [6.45, 7) is 8.03. The highest BCUT2D eigenvalue weighted by atomic mass is 16.6. The molecule has 0 saturated carbocycles. The van der Waals surface area contributed by atoms with Gasteiger partial charge in [-0.05, 0) is 51.7 Å². The van der Waals surface area contributed by atoms with Crippen LogP contribution in [0.2, 0.25) is 0 Å². The van der Waals surface area contributed by atoms with E-state index in [-0.39, 0.29) is 5.91 Å². The zero-order chi connectivity index (χ0) is 17.0. The van der Waals surface area contributed by atoms with Crippen LogP contribution in [0, 0.1) is 0 Å². The lowest BCUT2D eigenvalue weighted by Crippen LogP contribution is -2.45. The van der Waals surface area contributed by atoms with Gasteiger partial charge in [0, 0.05) is 12.7 Å². The maximum Gasteiger partial charge on any atom is 0.410 e. The first-order valence-corrected chi connectivity index (χ1v) is 8.05. The Labute approximate surface area is 137 Å². The van der Waals surface area contributed by atoms with Crippen LogP contribution in [0.4, 0.5) is 10.6 Å². The van der Waals surface area contributed by atoms with Crippen LogP contribution < -0.4 is 5.32 Å². The predicted octanol–water partition coefficient (Wildman–Crippen LogP) is 2.98. The van der Waals surface area contributed by atoms with E-state index in [0.29, 0.717) is 18.8 Å². The van der Waals surface area contributed by atoms with Gasteiger partial charge >= 0.3 is 6.09 Å². The van der Waals surface area contributed by atoms with Gasteiger partial charge in [-0.15, -0.1) is 0 Å². The molecule has 0 bridgehead atoms. The quantitative estimate of drug-likeness (QED) is 0.929. The van der Waals surface area contributed by atoms with Gasteiger partial charge in [0.15, 0.2) is 0 Å². The molecule has 2 heterocycles. The Hall–Kier alpha value is -2.11. The number of carbonyl (C=O) groups excluding carboxylic acids is 2. The van der Waals surface area contributed by atoms with Crippen molar-refractivity contribution < 1.29 is 14.3 Å². The van der Waals surface area contributed by atoms with Gasteiger partial charge in [-0.25, -0.2) is 9.78 Å². The predicted molar refractivity (Wildman–Crippen MR) is 88.2 cm³/mol. The Morgan fingerprint density at radius 1 is 1.39 bits per heavy atom. The lowest BCUT2D eigenvalue weighted by molar-refractivity contribution is -0.120. The van der Waals surface area contributed by atoms with Crippen molar-refractivity contribution in [1.82, 2.24) is 9.88 Å². The maximum atomic E-state index is 12.4. The monoisotopic (exact) mass is 319 g/mol. The van der Waals surface area contributed by atoms with Crippen molar-refractivity contribution in [3.05, 3.63) is 23.9 Å². The molecule has 0 radical (unpaired) electrons. The highest BCUT2D eigenvalue weighted by Crippen LogP contribution is 2.22. The molecule has 0 aliphatic carbocycles. The highest BCUT2D eigenvalue weighted by molar-refractivity contribution is 5.96. The highest BCUT2D eigenvalue weighted by Gasteiger charge is 2.36. The Morgan fingerprint density at radius 3 is 2.70 bits per heavy atom. The van der Waals surface area contributed by atoms with E-state index in [4.69, 9.17) is 4.74 Å². The zero-order valence-corrected chi connectivity index (χ0v) is 14.3. The number of aromatic nitrogens is 1. The van der Waals surface area contributed by atoms with Crippen molar-refractivity contribution in [1.29, 1.82) is 0 Å². The topological polar surface area (TPSA) is 71.5 Å². The zero-order valence-electron chi connectivity index (χ0n) is 14.3. The minimum atomic E-state index is -0.571. The number of amides is 2. The second kappa shape index (κ2) is 6.98. The molecule has 1 fully saturated rings. The average molecular weight is 319 g/mol. The van der Waals surface area contributed by atoms with Crippen molar-refractivity contribution in [2.45, 2.75) is 58.6 Å². The number of pyridine rings is 1. The normalized spacial score (nSPS) is 17.9. The number of carbonyl (C=O) groups is 2. The van der Waals surface area contributed by atoms with Crippen LogP contribution in [0.1, 0.15) is 46.1 Å². The fourth-order valence-electron chi connectivity index (χ4n) is 2.50. The third-order valence-electron chi connectivity index (χ3n) is 3.67. The van der Waals surface area contributed by atoms with E-state index in [1.54, 1.807) is 12.3 Å². The van der Waals surface area contributed by atoms with Crippen molar-refractivity contribution in [3.63, 3.8) is 0 Å². The molecule has 23 heavy (non-hydrogen) atoms. The first-order valence-electron chi connectivity index (χ1n) is 8.05. The average Bonchev–Trinajstić information content (AvgIpc) is 2.96. The van der Waals surface area contributed by atoms with Crippen molar-refractivity contribution in [2.24, 2.45) is 0 Å². The van der Waals surface area contributed by atoms with Crippen molar-refractivity contribution in [2.75, 3.05) is 11.9 Å². The molecule has 1 aliphatic heterocycles. The van der Waals surface area contributed by atoms with Gasteiger partial charge in [0.25, 0.3) is 0 Å². The van der Waals surface area contributed by atoms with Gasteiger partial charge in [0.2, 0.25) is 5.91 Å². The van der Waals surface area contributed by atoms with Crippen LogP contribution in [0.25, 0.3) is 0 Å². The lowest BCUT2D eigenvalue weighted by Gasteiger charge is -2.27. The molecule has 0 spiro atoms. The van der Waals surface area contributed by atoms with Crippen LogP contribution >= 0.6 is 0 Å². The molecule has 1 N–H and O–H groups in total. The summed E-state index contributed by atoms with van der Waals surface area (Å²) in [6, 6.07) is 3.21. The number of nitrogens with zero attached hydrogens (tertiary/aromatic N) is 2. The number of ether oxygens (including phenoxy) is 1. The van der Waals surface area contributed by atoms with Gasteiger partial charge in [-0.1, -0.05) is 13.0 Å².